The number of nitrogens with zero attached hydrogens (tertiary/aromatic N) is 3. The van der Waals surface area contributed by atoms with E-state index in [1.807, 2.05) is 53.1 Å². The van der Waals surface area contributed by atoms with Crippen LogP contribution in [-0.4, -0.2) is 41.8 Å². The maximum absolute atomic E-state index is 13.5. The summed E-state index contributed by atoms with van der Waals surface area (Å²) in [6.45, 7) is 3.59. The van der Waals surface area contributed by atoms with Gasteiger partial charge in [-0.15, -0.1) is 0 Å². The van der Waals surface area contributed by atoms with Crippen LogP contribution in [0, 0.1) is 5.82 Å². The summed E-state index contributed by atoms with van der Waals surface area (Å²) in [6, 6.07) is 21.4. The highest BCUT2D eigenvalue weighted by Crippen LogP contribution is 2.22. The first-order valence-corrected chi connectivity index (χ1v) is 11.1. The number of nitrogens with one attached hydrogen (secondary N) is 1. The topological polar surface area (TPSA) is 59.4 Å². The fourth-order valence-electron chi connectivity index (χ4n) is 4.17. The van der Waals surface area contributed by atoms with Crippen LogP contribution in [0.2, 0.25) is 0 Å². The number of carbonyl (C=O) groups excluding carboxylic acids is 1. The molecule has 0 spiro atoms. The molecule has 1 aliphatic heterocycles. The van der Waals surface area contributed by atoms with E-state index in [1.165, 1.54) is 12.1 Å². The van der Waals surface area contributed by atoms with E-state index < -0.39 is 0 Å². The summed E-state index contributed by atoms with van der Waals surface area (Å²) in [7, 11) is 0. The van der Waals surface area contributed by atoms with E-state index in [-0.39, 0.29) is 17.8 Å². The van der Waals surface area contributed by atoms with Crippen molar-refractivity contribution in [3.05, 3.63) is 96.1 Å². The number of hydrogen-bond donors (Lipinski definition) is 1. The lowest BCUT2D eigenvalue weighted by atomic mass is 10.1. The molecule has 1 amide bonds. The van der Waals surface area contributed by atoms with Crippen molar-refractivity contribution in [3.63, 3.8) is 0 Å². The first-order chi connectivity index (χ1) is 16.2. The number of ether oxygens (including phenoxy) is 1. The van der Waals surface area contributed by atoms with Gasteiger partial charge in [-0.25, -0.2) is 9.37 Å². The van der Waals surface area contributed by atoms with E-state index >= 15 is 0 Å². The van der Waals surface area contributed by atoms with Crippen molar-refractivity contribution < 1.29 is 13.9 Å². The standard InChI is InChI=1S/C26H25FN4O2/c27-21-9-5-19(6-10-21)24(17-31-18-28-23-3-1-2-4-25(23)31)29-26(32)20-7-11-22(12-8-20)30-13-15-33-16-14-30/h1-12,18,24H,13-17H2,(H,29,32). The largest absolute Gasteiger partial charge is 0.378 e. The lowest BCUT2D eigenvalue weighted by molar-refractivity contribution is 0.0933. The van der Waals surface area contributed by atoms with Gasteiger partial charge in [-0.05, 0) is 54.1 Å². The minimum absolute atomic E-state index is 0.178. The van der Waals surface area contributed by atoms with Gasteiger partial charge in [-0.2, -0.15) is 0 Å². The molecule has 4 aromatic rings. The van der Waals surface area contributed by atoms with Crippen molar-refractivity contribution in [2.75, 3.05) is 31.2 Å². The molecule has 1 unspecified atom stereocenters. The highest BCUT2D eigenvalue weighted by atomic mass is 19.1. The first-order valence-electron chi connectivity index (χ1n) is 11.1. The lowest BCUT2D eigenvalue weighted by Gasteiger charge is -2.29. The molecule has 2 heterocycles. The molecule has 33 heavy (non-hydrogen) atoms. The second kappa shape index (κ2) is 9.42. The van der Waals surface area contributed by atoms with Crippen LogP contribution < -0.4 is 10.2 Å². The van der Waals surface area contributed by atoms with Gasteiger partial charge in [-0.3, -0.25) is 4.79 Å². The molecule has 0 saturated carbocycles. The Bertz CT molecular complexity index is 1230. The van der Waals surface area contributed by atoms with Gasteiger partial charge in [0.25, 0.3) is 5.91 Å². The van der Waals surface area contributed by atoms with Crippen LogP contribution in [0.25, 0.3) is 11.0 Å². The van der Waals surface area contributed by atoms with E-state index in [2.05, 4.69) is 15.2 Å². The van der Waals surface area contributed by atoms with Crippen LogP contribution in [0.4, 0.5) is 10.1 Å². The molecule has 1 aromatic heterocycles. The van der Waals surface area contributed by atoms with Gasteiger partial charge in [0.1, 0.15) is 5.82 Å². The minimum Gasteiger partial charge on any atom is -0.378 e. The fraction of sp³-hybridized carbons (Fsp3) is 0.231. The van der Waals surface area contributed by atoms with Crippen molar-refractivity contribution in [1.82, 2.24) is 14.9 Å². The summed E-state index contributed by atoms with van der Waals surface area (Å²) >= 11 is 0. The van der Waals surface area contributed by atoms with E-state index in [9.17, 15) is 9.18 Å². The van der Waals surface area contributed by atoms with Crippen molar-refractivity contribution in [2.24, 2.45) is 0 Å². The fourth-order valence-corrected chi connectivity index (χ4v) is 4.17. The summed E-state index contributed by atoms with van der Waals surface area (Å²) in [5.74, 6) is -0.488. The third kappa shape index (κ3) is 4.73. The van der Waals surface area contributed by atoms with Crippen LogP contribution in [0.1, 0.15) is 22.0 Å². The van der Waals surface area contributed by atoms with Crippen molar-refractivity contribution in [1.29, 1.82) is 0 Å². The SMILES string of the molecule is O=C(NC(Cn1cnc2ccccc21)c1ccc(F)cc1)c1ccc(N2CCOCC2)cc1. The van der Waals surface area contributed by atoms with Gasteiger partial charge in [0, 0.05) is 30.9 Å². The number of anilines is 1. The summed E-state index contributed by atoms with van der Waals surface area (Å²) in [4.78, 5) is 19.8. The Hall–Kier alpha value is -3.71. The molecule has 7 heteroatoms. The van der Waals surface area contributed by atoms with Crippen LogP contribution in [0.3, 0.4) is 0 Å². The van der Waals surface area contributed by atoms with Gasteiger partial charge in [0.05, 0.1) is 36.6 Å². The third-order valence-corrected chi connectivity index (χ3v) is 5.99. The number of aromatic nitrogens is 2. The number of rotatable bonds is 6. The maximum Gasteiger partial charge on any atom is 0.251 e. The molecular formula is C26H25FN4O2. The van der Waals surface area contributed by atoms with E-state index in [4.69, 9.17) is 4.74 Å². The van der Waals surface area contributed by atoms with Crippen molar-refractivity contribution >= 4 is 22.6 Å². The Morgan fingerprint density at radius 1 is 1.00 bits per heavy atom. The molecule has 0 aliphatic carbocycles. The molecule has 0 radical (unpaired) electrons. The average Bonchev–Trinajstić information content (AvgIpc) is 3.27. The Kier molecular flexibility index (Phi) is 6.04. The molecule has 6 nitrogen and oxygen atoms in total. The zero-order valence-electron chi connectivity index (χ0n) is 18.2. The number of carbonyl (C=O) groups is 1. The molecule has 0 bridgehead atoms. The molecule has 1 N–H and O–H groups in total. The summed E-state index contributed by atoms with van der Waals surface area (Å²) in [5, 5.41) is 3.13. The molecule has 1 saturated heterocycles. The molecule has 1 atom stereocenters. The summed E-state index contributed by atoms with van der Waals surface area (Å²) in [5.41, 5.74) is 4.35. The molecule has 3 aromatic carbocycles. The Balaban J connectivity index is 1.37. The zero-order chi connectivity index (χ0) is 22.6. The molecule has 168 valence electrons. The number of fused-ring (bicyclic) bond motifs is 1. The minimum atomic E-state index is -0.352. The number of hydrogen-bond acceptors (Lipinski definition) is 4. The normalized spacial score (nSPS) is 14.9. The number of benzene rings is 3. The van der Waals surface area contributed by atoms with Crippen LogP contribution >= 0.6 is 0 Å². The second-order valence-corrected chi connectivity index (χ2v) is 8.11. The van der Waals surface area contributed by atoms with Crippen molar-refractivity contribution in [2.45, 2.75) is 12.6 Å². The molecule has 5 rings (SSSR count). The highest BCUT2D eigenvalue weighted by Gasteiger charge is 2.19. The van der Waals surface area contributed by atoms with Crippen LogP contribution in [0.15, 0.2) is 79.1 Å². The summed E-state index contributed by atoms with van der Waals surface area (Å²) < 4.78 is 21.0. The molecule has 1 aliphatic rings. The van der Waals surface area contributed by atoms with Crippen molar-refractivity contribution in [3.8, 4) is 0 Å². The van der Waals surface area contributed by atoms with E-state index in [0.29, 0.717) is 25.3 Å². The zero-order valence-corrected chi connectivity index (χ0v) is 18.2. The van der Waals surface area contributed by atoms with Gasteiger partial charge in [0.2, 0.25) is 0 Å². The molecular weight excluding hydrogens is 419 g/mol. The first kappa shape index (κ1) is 21.2. The highest BCUT2D eigenvalue weighted by molar-refractivity contribution is 5.94. The van der Waals surface area contributed by atoms with Gasteiger partial charge >= 0.3 is 0 Å². The maximum atomic E-state index is 13.5. The van der Waals surface area contributed by atoms with E-state index in [0.717, 1.165) is 35.4 Å². The van der Waals surface area contributed by atoms with Gasteiger partial charge in [-0.1, -0.05) is 24.3 Å². The van der Waals surface area contributed by atoms with E-state index in [1.54, 1.807) is 18.5 Å². The summed E-state index contributed by atoms with van der Waals surface area (Å²) in [6.07, 6.45) is 1.77. The van der Waals surface area contributed by atoms with Gasteiger partial charge < -0.3 is 19.5 Å². The Morgan fingerprint density at radius 2 is 1.73 bits per heavy atom. The number of amides is 1. The lowest BCUT2D eigenvalue weighted by Crippen LogP contribution is -2.36. The Morgan fingerprint density at radius 3 is 2.48 bits per heavy atom. The third-order valence-electron chi connectivity index (χ3n) is 5.99. The number of halogens is 1. The monoisotopic (exact) mass is 444 g/mol. The predicted octanol–water partition coefficient (Wildman–Crippen LogP) is 4.18. The quantitative estimate of drug-likeness (QED) is 0.485. The number of para-hydroxylation sites is 2. The van der Waals surface area contributed by atoms with Gasteiger partial charge in [0.15, 0.2) is 0 Å². The number of morpholine rings is 1. The second-order valence-electron chi connectivity index (χ2n) is 8.11. The van der Waals surface area contributed by atoms with Crippen LogP contribution in [0.5, 0.6) is 0 Å². The average molecular weight is 445 g/mol. The number of imidazole rings is 1. The molecule has 1 fully saturated rings. The smallest absolute Gasteiger partial charge is 0.251 e. The van der Waals surface area contributed by atoms with Crippen LogP contribution in [-0.2, 0) is 11.3 Å². The predicted molar refractivity (Wildman–Crippen MR) is 126 cm³/mol. The Labute approximate surface area is 191 Å².